The van der Waals surface area contributed by atoms with E-state index in [1.807, 2.05) is 0 Å². The van der Waals surface area contributed by atoms with Gasteiger partial charge in [0, 0.05) is 5.92 Å². The molecule has 0 bridgehead atoms. The molecule has 46 heavy (non-hydrogen) atoms. The SMILES string of the molecule is CC1=Cc2c(-c3cccc4ccccc34)cccc2C1c1c2c(ccc1=C(c1ccccc1)c1ccccc1)=c1ccccc1=[C]2. The number of rotatable bonds is 4. The van der Waals surface area contributed by atoms with Gasteiger partial charge in [0.05, 0.1) is 0 Å². The Hall–Kier alpha value is -5.72. The Labute approximate surface area is 269 Å². The van der Waals surface area contributed by atoms with Gasteiger partial charge in [-0.15, -0.1) is 0 Å². The van der Waals surface area contributed by atoms with E-state index in [1.54, 1.807) is 0 Å². The lowest BCUT2D eigenvalue weighted by Gasteiger charge is -2.22. The van der Waals surface area contributed by atoms with Crippen molar-refractivity contribution in [2.45, 2.75) is 12.8 Å². The minimum atomic E-state index is 0.0964. The zero-order chi connectivity index (χ0) is 30.6. The molecule has 0 saturated heterocycles. The predicted molar refractivity (Wildman–Crippen MR) is 192 cm³/mol. The second-order valence-electron chi connectivity index (χ2n) is 12.4. The number of benzene rings is 7. The number of hydrogen-bond acceptors (Lipinski definition) is 0. The van der Waals surface area contributed by atoms with Crippen LogP contribution in [-0.2, 0) is 0 Å². The molecule has 7 aromatic carbocycles. The molecule has 0 fully saturated rings. The highest BCUT2D eigenvalue weighted by atomic mass is 14.3. The summed E-state index contributed by atoms with van der Waals surface area (Å²) in [6, 6.07) is 57.4. The summed E-state index contributed by atoms with van der Waals surface area (Å²) in [4.78, 5) is 0. The molecule has 0 saturated carbocycles. The van der Waals surface area contributed by atoms with Crippen LogP contribution in [0.4, 0.5) is 0 Å². The lowest BCUT2D eigenvalue weighted by molar-refractivity contribution is 0.959. The third-order valence-electron chi connectivity index (χ3n) is 9.76. The summed E-state index contributed by atoms with van der Waals surface area (Å²) in [5.41, 5.74) is 12.8. The zero-order valence-electron chi connectivity index (χ0n) is 25.7. The van der Waals surface area contributed by atoms with Crippen LogP contribution in [0.15, 0.2) is 163 Å². The molecule has 0 nitrogen and oxygen atoms in total. The highest BCUT2D eigenvalue weighted by Crippen LogP contribution is 2.46. The first-order valence-corrected chi connectivity index (χ1v) is 16.1. The maximum atomic E-state index is 3.90. The van der Waals surface area contributed by atoms with Gasteiger partial charge in [-0.2, -0.15) is 0 Å². The summed E-state index contributed by atoms with van der Waals surface area (Å²) >= 11 is 0. The van der Waals surface area contributed by atoms with Gasteiger partial charge in [0.15, 0.2) is 0 Å². The van der Waals surface area contributed by atoms with Crippen molar-refractivity contribution in [2.75, 3.05) is 0 Å². The smallest absolute Gasteiger partial charge is 0.0318 e. The Morgan fingerprint density at radius 3 is 2.00 bits per heavy atom. The maximum absolute atomic E-state index is 3.90. The van der Waals surface area contributed by atoms with Crippen molar-refractivity contribution in [1.29, 1.82) is 0 Å². The molecule has 1 atom stereocenters. The molecule has 1 radical (unpaired) electrons. The molecule has 2 aliphatic carbocycles. The van der Waals surface area contributed by atoms with E-state index in [4.69, 9.17) is 0 Å². The average Bonchev–Trinajstić information content (AvgIpc) is 3.66. The second-order valence-corrected chi connectivity index (χ2v) is 12.4. The molecule has 9 rings (SSSR count). The molecule has 0 heterocycles. The highest BCUT2D eigenvalue weighted by molar-refractivity contribution is 5.99. The van der Waals surface area contributed by atoms with E-state index in [0.29, 0.717) is 0 Å². The van der Waals surface area contributed by atoms with E-state index in [2.05, 4.69) is 177 Å². The van der Waals surface area contributed by atoms with Crippen LogP contribution in [-0.4, -0.2) is 0 Å². The minimum Gasteiger partial charge on any atom is -0.0622 e. The van der Waals surface area contributed by atoms with Crippen LogP contribution in [0.3, 0.4) is 0 Å². The van der Waals surface area contributed by atoms with Crippen LogP contribution in [0.25, 0.3) is 39.6 Å². The molecule has 215 valence electrons. The molecule has 0 heteroatoms. The van der Waals surface area contributed by atoms with Gasteiger partial charge in [0.2, 0.25) is 0 Å². The lowest BCUT2D eigenvalue weighted by Crippen LogP contribution is -2.21. The zero-order valence-corrected chi connectivity index (χ0v) is 25.7. The van der Waals surface area contributed by atoms with Crippen molar-refractivity contribution >= 4 is 28.5 Å². The third-order valence-corrected chi connectivity index (χ3v) is 9.76. The van der Waals surface area contributed by atoms with E-state index in [0.717, 1.165) is 0 Å². The summed E-state index contributed by atoms with van der Waals surface area (Å²) < 4.78 is 0. The van der Waals surface area contributed by atoms with Crippen LogP contribution in [0.5, 0.6) is 0 Å². The van der Waals surface area contributed by atoms with Crippen LogP contribution in [0, 0.1) is 10.4 Å². The van der Waals surface area contributed by atoms with Crippen LogP contribution in [0.1, 0.15) is 46.2 Å². The topological polar surface area (TPSA) is 0 Å². The van der Waals surface area contributed by atoms with E-state index in [-0.39, 0.29) is 5.92 Å². The predicted octanol–water partition coefficient (Wildman–Crippen LogP) is 9.61. The Morgan fingerprint density at radius 1 is 0.543 bits per heavy atom. The normalized spacial score (nSPS) is 14.3. The quantitative estimate of drug-likeness (QED) is 0.194. The third kappa shape index (κ3) is 4.15. The van der Waals surface area contributed by atoms with E-state index < -0.39 is 0 Å². The molecule has 0 aromatic heterocycles. The summed E-state index contributed by atoms with van der Waals surface area (Å²) in [6.45, 7) is 2.31. The Bertz CT molecular complexity index is 2520. The molecule has 0 N–H and O–H groups in total. The molecule has 0 amide bonds. The molecule has 7 aromatic rings. The largest absolute Gasteiger partial charge is 0.0622 e. The first-order valence-electron chi connectivity index (χ1n) is 16.1. The van der Waals surface area contributed by atoms with Crippen LogP contribution in [0.2, 0.25) is 0 Å². The molecular weight excluding hydrogens is 553 g/mol. The second kappa shape index (κ2) is 10.7. The minimum absolute atomic E-state index is 0.0964. The van der Waals surface area contributed by atoms with E-state index >= 15 is 0 Å². The molecule has 2 aliphatic rings. The first-order chi connectivity index (χ1) is 22.8. The van der Waals surface area contributed by atoms with Gasteiger partial charge in [-0.3, -0.25) is 0 Å². The number of hydrogen-bond donors (Lipinski definition) is 0. The number of fused-ring (bicyclic) bond motifs is 4. The van der Waals surface area contributed by atoms with Gasteiger partial charge < -0.3 is 0 Å². The summed E-state index contributed by atoms with van der Waals surface area (Å²) in [7, 11) is 0. The van der Waals surface area contributed by atoms with Gasteiger partial charge in [-0.25, -0.2) is 0 Å². The van der Waals surface area contributed by atoms with Crippen LogP contribution < -0.4 is 10.4 Å². The maximum Gasteiger partial charge on any atom is 0.0318 e. The van der Waals surface area contributed by atoms with Crippen molar-refractivity contribution in [1.82, 2.24) is 0 Å². The summed E-state index contributed by atoms with van der Waals surface area (Å²) in [5.74, 6) is 0.0964. The van der Waals surface area contributed by atoms with Gasteiger partial charge in [-0.05, 0) is 94.7 Å². The van der Waals surface area contributed by atoms with Crippen molar-refractivity contribution in [3.8, 4) is 11.1 Å². The summed E-state index contributed by atoms with van der Waals surface area (Å²) in [5, 5.41) is 7.51. The Kier molecular flexibility index (Phi) is 6.21. The van der Waals surface area contributed by atoms with Crippen molar-refractivity contribution in [3.63, 3.8) is 0 Å². The molecule has 0 aliphatic heterocycles. The van der Waals surface area contributed by atoms with E-state index in [1.165, 1.54) is 87.3 Å². The molecule has 1 unspecified atom stereocenters. The Morgan fingerprint density at radius 2 is 1.20 bits per heavy atom. The fourth-order valence-corrected chi connectivity index (χ4v) is 7.78. The Balaban J connectivity index is 1.40. The standard InChI is InChI=1S/C46H31/c1-30-28-42-38(37-23-12-20-31-14-8-10-21-35(31)37)24-13-25-40(42)44(30)46-41(27-26-39-36-22-11-9-19-34(36)29-43(39)46)45(32-15-4-2-5-16-32)33-17-6-3-7-18-33/h2-28,44H,1H3. The first kappa shape index (κ1) is 26.7. The average molecular weight is 584 g/mol. The van der Waals surface area contributed by atoms with Crippen LogP contribution >= 0.6 is 0 Å². The fraction of sp³-hybridized carbons (Fsp3) is 0.0435. The van der Waals surface area contributed by atoms with Gasteiger partial charge in [-0.1, -0.05) is 169 Å². The lowest BCUT2D eigenvalue weighted by atomic mass is 9.81. The monoisotopic (exact) mass is 583 g/mol. The number of allylic oxidation sites excluding steroid dienone is 1. The van der Waals surface area contributed by atoms with Crippen molar-refractivity contribution in [2.24, 2.45) is 0 Å². The highest BCUT2D eigenvalue weighted by Gasteiger charge is 2.30. The van der Waals surface area contributed by atoms with E-state index in [9.17, 15) is 0 Å². The van der Waals surface area contributed by atoms with Gasteiger partial charge in [0.1, 0.15) is 0 Å². The fourth-order valence-electron chi connectivity index (χ4n) is 7.78. The van der Waals surface area contributed by atoms with Gasteiger partial charge >= 0.3 is 0 Å². The van der Waals surface area contributed by atoms with Gasteiger partial charge in [0.25, 0.3) is 0 Å². The van der Waals surface area contributed by atoms with Crippen molar-refractivity contribution in [3.05, 3.63) is 218 Å². The molecular formula is C46H31. The molecule has 0 spiro atoms. The van der Waals surface area contributed by atoms with Crippen molar-refractivity contribution < 1.29 is 0 Å². The summed E-state index contributed by atoms with van der Waals surface area (Å²) in [6.07, 6.45) is 6.34.